The lowest BCUT2D eigenvalue weighted by molar-refractivity contribution is 0.165. The van der Waals surface area contributed by atoms with Gasteiger partial charge in [0, 0.05) is 7.11 Å². The SMILES string of the molecule is COCC(NN)C1=COCCC1. The second-order valence-corrected chi connectivity index (χ2v) is 2.84. The van der Waals surface area contributed by atoms with Crippen molar-refractivity contribution in [3.63, 3.8) is 0 Å². The number of hydrazine groups is 1. The molecule has 0 bridgehead atoms. The number of nitrogens with two attached hydrogens (primary N) is 1. The van der Waals surface area contributed by atoms with E-state index in [0.29, 0.717) is 6.61 Å². The van der Waals surface area contributed by atoms with E-state index in [9.17, 15) is 0 Å². The quantitative estimate of drug-likeness (QED) is 0.468. The Morgan fingerprint density at radius 2 is 2.67 bits per heavy atom. The van der Waals surface area contributed by atoms with Crippen molar-refractivity contribution >= 4 is 0 Å². The average Bonchev–Trinajstić information content (AvgIpc) is 2.15. The molecule has 1 aliphatic rings. The van der Waals surface area contributed by atoms with E-state index in [4.69, 9.17) is 15.3 Å². The van der Waals surface area contributed by atoms with Crippen molar-refractivity contribution in [2.45, 2.75) is 18.9 Å². The van der Waals surface area contributed by atoms with Crippen LogP contribution >= 0.6 is 0 Å². The van der Waals surface area contributed by atoms with Gasteiger partial charge in [-0.2, -0.15) is 0 Å². The van der Waals surface area contributed by atoms with Gasteiger partial charge in [0.1, 0.15) is 0 Å². The van der Waals surface area contributed by atoms with Gasteiger partial charge in [-0.1, -0.05) is 0 Å². The zero-order valence-corrected chi connectivity index (χ0v) is 7.38. The number of rotatable bonds is 4. The van der Waals surface area contributed by atoms with E-state index in [1.807, 2.05) is 0 Å². The third-order valence-corrected chi connectivity index (χ3v) is 1.94. The molecule has 0 aromatic heterocycles. The topological polar surface area (TPSA) is 56.5 Å². The van der Waals surface area contributed by atoms with E-state index >= 15 is 0 Å². The molecular weight excluding hydrogens is 156 g/mol. The van der Waals surface area contributed by atoms with Gasteiger partial charge in [-0.05, 0) is 18.4 Å². The Kier molecular flexibility index (Phi) is 4.07. The Balaban J connectivity index is 2.45. The van der Waals surface area contributed by atoms with Crippen molar-refractivity contribution in [2.75, 3.05) is 20.3 Å². The van der Waals surface area contributed by atoms with Crippen LogP contribution in [0.3, 0.4) is 0 Å². The molecule has 0 aromatic carbocycles. The summed E-state index contributed by atoms with van der Waals surface area (Å²) in [5.74, 6) is 5.36. The summed E-state index contributed by atoms with van der Waals surface area (Å²) in [6.07, 6.45) is 3.89. The Hall–Kier alpha value is -0.580. The summed E-state index contributed by atoms with van der Waals surface area (Å²) >= 11 is 0. The fraction of sp³-hybridized carbons (Fsp3) is 0.750. The van der Waals surface area contributed by atoms with Crippen LogP contribution < -0.4 is 11.3 Å². The van der Waals surface area contributed by atoms with Gasteiger partial charge in [0.05, 0.1) is 25.5 Å². The van der Waals surface area contributed by atoms with Crippen molar-refractivity contribution in [2.24, 2.45) is 5.84 Å². The van der Waals surface area contributed by atoms with Crippen LogP contribution in [-0.2, 0) is 9.47 Å². The first kappa shape index (κ1) is 9.51. The third-order valence-electron chi connectivity index (χ3n) is 1.94. The van der Waals surface area contributed by atoms with Gasteiger partial charge in [-0.15, -0.1) is 0 Å². The van der Waals surface area contributed by atoms with Gasteiger partial charge >= 0.3 is 0 Å². The van der Waals surface area contributed by atoms with Crippen molar-refractivity contribution in [3.05, 3.63) is 11.8 Å². The number of nitrogens with one attached hydrogen (secondary N) is 1. The first-order valence-electron chi connectivity index (χ1n) is 4.14. The van der Waals surface area contributed by atoms with Crippen LogP contribution in [0.5, 0.6) is 0 Å². The van der Waals surface area contributed by atoms with Gasteiger partial charge in [0.2, 0.25) is 0 Å². The standard InChI is InChI=1S/C8H16N2O2/c1-11-6-8(10-9)7-3-2-4-12-5-7/h5,8,10H,2-4,6,9H2,1H3. The number of ether oxygens (including phenoxy) is 2. The molecule has 1 rings (SSSR count). The first-order chi connectivity index (χ1) is 5.88. The van der Waals surface area contributed by atoms with Gasteiger partial charge in [-0.25, -0.2) is 0 Å². The summed E-state index contributed by atoms with van der Waals surface area (Å²) < 4.78 is 10.2. The summed E-state index contributed by atoms with van der Waals surface area (Å²) in [6, 6.07) is 0.0929. The minimum Gasteiger partial charge on any atom is -0.501 e. The highest BCUT2D eigenvalue weighted by molar-refractivity contribution is 5.09. The molecule has 0 saturated heterocycles. The van der Waals surface area contributed by atoms with E-state index in [-0.39, 0.29) is 6.04 Å². The molecule has 0 radical (unpaired) electrons. The highest BCUT2D eigenvalue weighted by Gasteiger charge is 2.14. The Bertz CT molecular complexity index is 159. The smallest absolute Gasteiger partial charge is 0.0876 e. The van der Waals surface area contributed by atoms with Crippen LogP contribution in [0.2, 0.25) is 0 Å². The van der Waals surface area contributed by atoms with Gasteiger partial charge in [-0.3, -0.25) is 11.3 Å². The second kappa shape index (κ2) is 5.13. The van der Waals surface area contributed by atoms with Crippen molar-refractivity contribution in [3.8, 4) is 0 Å². The maximum atomic E-state index is 5.36. The van der Waals surface area contributed by atoms with Crippen molar-refractivity contribution in [1.82, 2.24) is 5.43 Å². The zero-order chi connectivity index (χ0) is 8.81. The average molecular weight is 172 g/mol. The second-order valence-electron chi connectivity index (χ2n) is 2.84. The summed E-state index contributed by atoms with van der Waals surface area (Å²) in [7, 11) is 1.66. The Labute approximate surface area is 72.7 Å². The molecule has 12 heavy (non-hydrogen) atoms. The van der Waals surface area contributed by atoms with Gasteiger partial charge in [0.25, 0.3) is 0 Å². The van der Waals surface area contributed by atoms with Crippen molar-refractivity contribution in [1.29, 1.82) is 0 Å². The van der Waals surface area contributed by atoms with Crippen LogP contribution in [0, 0.1) is 0 Å². The Morgan fingerprint density at radius 3 is 3.17 bits per heavy atom. The fourth-order valence-corrected chi connectivity index (χ4v) is 1.27. The lowest BCUT2D eigenvalue weighted by Crippen LogP contribution is -2.40. The third kappa shape index (κ3) is 2.48. The maximum Gasteiger partial charge on any atom is 0.0876 e. The Morgan fingerprint density at radius 1 is 1.83 bits per heavy atom. The molecule has 70 valence electrons. The maximum absolute atomic E-state index is 5.36. The fourth-order valence-electron chi connectivity index (χ4n) is 1.27. The molecule has 3 N–H and O–H groups in total. The summed E-state index contributed by atoms with van der Waals surface area (Å²) in [6.45, 7) is 1.40. The lowest BCUT2D eigenvalue weighted by Gasteiger charge is -2.21. The molecule has 1 heterocycles. The van der Waals surface area contributed by atoms with E-state index in [0.717, 1.165) is 19.4 Å². The summed E-state index contributed by atoms with van der Waals surface area (Å²) in [5, 5.41) is 0. The largest absolute Gasteiger partial charge is 0.501 e. The molecular formula is C8H16N2O2. The zero-order valence-electron chi connectivity index (χ0n) is 7.38. The first-order valence-corrected chi connectivity index (χ1v) is 4.14. The van der Waals surface area contributed by atoms with E-state index in [2.05, 4.69) is 5.43 Å². The van der Waals surface area contributed by atoms with Gasteiger partial charge in [0.15, 0.2) is 0 Å². The molecule has 0 fully saturated rings. The minimum absolute atomic E-state index is 0.0929. The molecule has 4 heteroatoms. The number of hydrogen-bond acceptors (Lipinski definition) is 4. The molecule has 0 spiro atoms. The molecule has 1 aliphatic heterocycles. The van der Waals surface area contributed by atoms with Crippen LogP contribution in [-0.4, -0.2) is 26.4 Å². The van der Waals surface area contributed by atoms with Crippen LogP contribution in [0.1, 0.15) is 12.8 Å². The van der Waals surface area contributed by atoms with Crippen LogP contribution in [0.25, 0.3) is 0 Å². The number of methoxy groups -OCH3 is 1. The number of hydrogen-bond donors (Lipinski definition) is 2. The summed E-state index contributed by atoms with van der Waals surface area (Å²) in [4.78, 5) is 0. The molecule has 0 amide bonds. The predicted molar refractivity (Wildman–Crippen MR) is 46.3 cm³/mol. The molecule has 1 atom stereocenters. The molecule has 4 nitrogen and oxygen atoms in total. The molecule has 0 aliphatic carbocycles. The van der Waals surface area contributed by atoms with Gasteiger partial charge < -0.3 is 9.47 Å². The van der Waals surface area contributed by atoms with Crippen molar-refractivity contribution < 1.29 is 9.47 Å². The molecule has 1 unspecified atom stereocenters. The van der Waals surface area contributed by atoms with E-state index in [1.165, 1.54) is 5.57 Å². The van der Waals surface area contributed by atoms with E-state index < -0.39 is 0 Å². The molecule has 0 aromatic rings. The van der Waals surface area contributed by atoms with Crippen LogP contribution in [0.15, 0.2) is 11.8 Å². The van der Waals surface area contributed by atoms with E-state index in [1.54, 1.807) is 13.4 Å². The minimum atomic E-state index is 0.0929. The predicted octanol–water partition coefficient (Wildman–Crippen LogP) is 0.159. The van der Waals surface area contributed by atoms with Crippen LogP contribution in [0.4, 0.5) is 0 Å². The molecule has 0 saturated carbocycles. The monoisotopic (exact) mass is 172 g/mol. The summed E-state index contributed by atoms with van der Waals surface area (Å²) in [5.41, 5.74) is 3.89. The highest BCUT2D eigenvalue weighted by atomic mass is 16.5. The normalized spacial score (nSPS) is 19.7. The lowest BCUT2D eigenvalue weighted by atomic mass is 10.0. The highest BCUT2D eigenvalue weighted by Crippen LogP contribution is 2.15.